The second-order valence-corrected chi connectivity index (χ2v) is 9.32. The number of benzene rings is 3. The fourth-order valence-electron chi connectivity index (χ4n) is 3.57. The van der Waals surface area contributed by atoms with Gasteiger partial charge in [0.1, 0.15) is 11.6 Å². The molecule has 0 spiro atoms. The van der Waals surface area contributed by atoms with Gasteiger partial charge in [0.05, 0.1) is 24.2 Å². The van der Waals surface area contributed by atoms with Gasteiger partial charge in [-0.1, -0.05) is 35.8 Å². The van der Waals surface area contributed by atoms with Crippen LogP contribution in [0.25, 0.3) is 10.9 Å². The summed E-state index contributed by atoms with van der Waals surface area (Å²) in [6, 6.07) is 16.0. The number of carbonyl (C=O) groups is 1. The summed E-state index contributed by atoms with van der Waals surface area (Å²) in [6.45, 7) is 3.59. The molecule has 8 nitrogen and oxygen atoms in total. The first-order chi connectivity index (χ1) is 17.7. The minimum Gasteiger partial charge on any atom is -0.493 e. The highest BCUT2D eigenvalue weighted by atomic mass is 79.9. The molecule has 0 saturated heterocycles. The highest BCUT2D eigenvalue weighted by molar-refractivity contribution is 9.10. The third-order valence-electron chi connectivity index (χ3n) is 5.33. The maximum absolute atomic E-state index is 13.3. The van der Waals surface area contributed by atoms with E-state index in [0.717, 1.165) is 4.47 Å². The molecule has 0 unspecified atom stereocenters. The molecule has 4 aromatic rings. The Morgan fingerprint density at radius 2 is 1.97 bits per heavy atom. The van der Waals surface area contributed by atoms with Crippen LogP contribution < -0.4 is 20.3 Å². The normalized spacial score (nSPS) is 11.3. The van der Waals surface area contributed by atoms with Crippen LogP contribution >= 0.6 is 15.9 Å². The number of amides is 1. The summed E-state index contributed by atoms with van der Waals surface area (Å²) in [6.07, 6.45) is 1.53. The quantitative estimate of drug-likeness (QED) is 0.291. The molecule has 1 N–H and O–H groups in total. The van der Waals surface area contributed by atoms with Crippen LogP contribution in [-0.4, -0.2) is 35.5 Å². The van der Waals surface area contributed by atoms with Crippen LogP contribution in [0.1, 0.15) is 31.2 Å². The Labute approximate surface area is 220 Å². The van der Waals surface area contributed by atoms with Gasteiger partial charge < -0.3 is 14.8 Å². The van der Waals surface area contributed by atoms with Gasteiger partial charge in [-0.05, 0) is 60.2 Å². The monoisotopic (exact) mass is 566 g/mol. The van der Waals surface area contributed by atoms with E-state index in [2.05, 4.69) is 31.3 Å². The zero-order chi connectivity index (χ0) is 26.5. The van der Waals surface area contributed by atoms with E-state index < -0.39 is 11.7 Å². The van der Waals surface area contributed by atoms with Crippen molar-refractivity contribution in [2.24, 2.45) is 5.10 Å². The van der Waals surface area contributed by atoms with Crippen LogP contribution in [0, 0.1) is 5.82 Å². The number of rotatable bonds is 8. The molecular formula is C27H24BrFN4O4. The molecule has 1 heterocycles. The SMILES string of the molecule is COc1cc(C=Nn2c(C(C)C)nc3ccc(Br)cc3c2=O)ccc1OCC(=O)Nc1cccc(F)c1. The minimum atomic E-state index is -0.451. The van der Waals surface area contributed by atoms with Crippen LogP contribution in [0.3, 0.4) is 0 Å². The van der Waals surface area contributed by atoms with Crippen molar-refractivity contribution in [3.63, 3.8) is 0 Å². The average Bonchev–Trinajstić information content (AvgIpc) is 2.87. The summed E-state index contributed by atoms with van der Waals surface area (Å²) in [7, 11) is 1.47. The summed E-state index contributed by atoms with van der Waals surface area (Å²) in [5.41, 5.74) is 1.30. The van der Waals surface area contributed by atoms with E-state index in [1.165, 1.54) is 36.2 Å². The van der Waals surface area contributed by atoms with E-state index in [0.29, 0.717) is 39.5 Å². The molecule has 0 atom stereocenters. The Kier molecular flexibility index (Phi) is 7.98. The number of nitrogens with one attached hydrogen (secondary N) is 1. The number of carbonyl (C=O) groups excluding carboxylic acids is 1. The second kappa shape index (κ2) is 11.3. The smallest absolute Gasteiger partial charge is 0.282 e. The molecule has 1 aromatic heterocycles. The number of methoxy groups -OCH3 is 1. The van der Waals surface area contributed by atoms with E-state index in [4.69, 9.17) is 9.47 Å². The molecule has 190 valence electrons. The zero-order valence-electron chi connectivity index (χ0n) is 20.4. The highest BCUT2D eigenvalue weighted by Gasteiger charge is 2.14. The van der Waals surface area contributed by atoms with Gasteiger partial charge in [-0.15, -0.1) is 0 Å². The average molecular weight is 567 g/mol. The Bertz CT molecular complexity index is 1550. The molecule has 0 radical (unpaired) electrons. The van der Waals surface area contributed by atoms with E-state index in [-0.39, 0.29) is 18.1 Å². The number of ether oxygens (including phenoxy) is 2. The lowest BCUT2D eigenvalue weighted by atomic mass is 10.2. The molecule has 0 bridgehead atoms. The maximum atomic E-state index is 13.3. The molecule has 0 saturated carbocycles. The van der Waals surface area contributed by atoms with Gasteiger partial charge >= 0.3 is 0 Å². The summed E-state index contributed by atoms with van der Waals surface area (Å²) in [4.78, 5) is 30.0. The Morgan fingerprint density at radius 1 is 1.16 bits per heavy atom. The molecule has 3 aromatic carbocycles. The van der Waals surface area contributed by atoms with Crippen molar-refractivity contribution in [2.75, 3.05) is 19.0 Å². The fraction of sp³-hybridized carbons (Fsp3) is 0.185. The molecule has 0 aliphatic heterocycles. The van der Waals surface area contributed by atoms with Gasteiger partial charge in [0, 0.05) is 16.1 Å². The second-order valence-electron chi connectivity index (χ2n) is 8.41. The number of anilines is 1. The molecule has 1 amide bonds. The molecule has 37 heavy (non-hydrogen) atoms. The van der Waals surface area contributed by atoms with Gasteiger partial charge in [-0.2, -0.15) is 9.78 Å². The molecule has 4 rings (SSSR count). The number of hydrogen-bond acceptors (Lipinski definition) is 6. The number of aromatic nitrogens is 2. The first-order valence-corrected chi connectivity index (χ1v) is 12.2. The third kappa shape index (κ3) is 6.21. The Morgan fingerprint density at radius 3 is 2.70 bits per heavy atom. The Balaban J connectivity index is 1.54. The highest BCUT2D eigenvalue weighted by Crippen LogP contribution is 2.28. The largest absolute Gasteiger partial charge is 0.493 e. The van der Waals surface area contributed by atoms with Gasteiger partial charge in [-0.3, -0.25) is 9.59 Å². The van der Waals surface area contributed by atoms with Crippen LogP contribution in [0.4, 0.5) is 10.1 Å². The fourth-order valence-corrected chi connectivity index (χ4v) is 3.93. The topological polar surface area (TPSA) is 94.8 Å². The van der Waals surface area contributed by atoms with Crippen LogP contribution in [0.15, 0.2) is 75.0 Å². The number of hydrogen-bond donors (Lipinski definition) is 1. The molecule has 0 fully saturated rings. The van der Waals surface area contributed by atoms with E-state index >= 15 is 0 Å². The molecular weight excluding hydrogens is 543 g/mol. The number of halogens is 2. The van der Waals surface area contributed by atoms with Crippen molar-refractivity contribution < 1.29 is 18.7 Å². The van der Waals surface area contributed by atoms with Crippen molar-refractivity contribution in [3.05, 3.63) is 92.7 Å². The van der Waals surface area contributed by atoms with E-state index in [1.807, 2.05) is 19.9 Å². The zero-order valence-corrected chi connectivity index (χ0v) is 22.0. The lowest BCUT2D eigenvalue weighted by Gasteiger charge is -2.13. The van der Waals surface area contributed by atoms with Crippen LogP contribution in [0.2, 0.25) is 0 Å². The maximum Gasteiger partial charge on any atom is 0.282 e. The van der Waals surface area contributed by atoms with Gasteiger partial charge in [0.2, 0.25) is 0 Å². The van der Waals surface area contributed by atoms with Crippen molar-refractivity contribution >= 4 is 44.6 Å². The van der Waals surface area contributed by atoms with Gasteiger partial charge in [0.25, 0.3) is 11.5 Å². The summed E-state index contributed by atoms with van der Waals surface area (Å²) >= 11 is 3.40. The van der Waals surface area contributed by atoms with Crippen molar-refractivity contribution in [1.82, 2.24) is 9.66 Å². The van der Waals surface area contributed by atoms with Crippen molar-refractivity contribution in [2.45, 2.75) is 19.8 Å². The number of fused-ring (bicyclic) bond motifs is 1. The van der Waals surface area contributed by atoms with Crippen molar-refractivity contribution in [3.8, 4) is 11.5 Å². The first kappa shape index (κ1) is 26.0. The first-order valence-electron chi connectivity index (χ1n) is 11.4. The summed E-state index contributed by atoms with van der Waals surface area (Å²) in [5.74, 6) is 0.307. The number of nitrogens with zero attached hydrogens (tertiary/aromatic N) is 3. The van der Waals surface area contributed by atoms with Crippen LogP contribution in [-0.2, 0) is 4.79 Å². The summed E-state index contributed by atoms with van der Waals surface area (Å²) < 4.78 is 26.4. The van der Waals surface area contributed by atoms with Crippen molar-refractivity contribution in [1.29, 1.82) is 0 Å². The van der Waals surface area contributed by atoms with Gasteiger partial charge in [-0.25, -0.2) is 9.37 Å². The Hall–Kier alpha value is -4.05. The van der Waals surface area contributed by atoms with E-state index in [1.54, 1.807) is 36.4 Å². The third-order valence-corrected chi connectivity index (χ3v) is 5.82. The predicted molar refractivity (Wildman–Crippen MR) is 144 cm³/mol. The van der Waals surface area contributed by atoms with Gasteiger partial charge in [0.15, 0.2) is 18.1 Å². The lowest BCUT2D eigenvalue weighted by Crippen LogP contribution is -2.23. The molecule has 10 heteroatoms. The lowest BCUT2D eigenvalue weighted by molar-refractivity contribution is -0.118. The standard InChI is InChI=1S/C27H24BrFN4O4/c1-16(2)26-32-22-9-8-18(28)12-21(22)27(35)33(26)30-14-17-7-10-23(24(11-17)36-3)37-15-25(34)31-20-6-4-5-19(29)13-20/h4-14,16H,15H2,1-3H3,(H,31,34). The predicted octanol–water partition coefficient (Wildman–Crippen LogP) is 5.33. The van der Waals surface area contributed by atoms with E-state index in [9.17, 15) is 14.0 Å². The molecule has 0 aliphatic carbocycles. The minimum absolute atomic E-state index is 0.0401. The molecule has 0 aliphatic rings. The van der Waals surface area contributed by atoms with Crippen LogP contribution in [0.5, 0.6) is 11.5 Å². The summed E-state index contributed by atoms with van der Waals surface area (Å²) in [5, 5.41) is 7.44.